The summed E-state index contributed by atoms with van der Waals surface area (Å²) in [4.78, 5) is 0. The Labute approximate surface area is 63.1 Å². The maximum Gasteiger partial charge on any atom is 0.0957 e. The molecule has 0 heterocycles. The topological polar surface area (TPSA) is 0 Å². The molecule has 0 aliphatic rings. The van der Waals surface area contributed by atoms with Gasteiger partial charge in [-0.2, -0.15) is 0 Å². The molecule has 0 aromatic rings. The molecular weight excluding hydrogens is 127 g/mol. The molecule has 0 aliphatic carbocycles. The minimum atomic E-state index is 0.0381. The molecule has 0 N–H and O–H groups in total. The Hall–Kier alpha value is -0.330. The smallest absolute Gasteiger partial charge is 0.0957 e. The lowest BCUT2D eigenvalue weighted by molar-refractivity contribution is 0.551. The Morgan fingerprint density at radius 1 is 1.30 bits per heavy atom. The SMILES string of the molecule is C/C=C(/F)CCCCCC. The van der Waals surface area contributed by atoms with Gasteiger partial charge in [0.15, 0.2) is 0 Å². The zero-order valence-corrected chi connectivity index (χ0v) is 6.99. The fraction of sp³-hybridized carbons (Fsp3) is 0.778. The largest absolute Gasteiger partial charge is 0.212 e. The monoisotopic (exact) mass is 144 g/mol. The van der Waals surface area contributed by atoms with E-state index in [1.54, 1.807) is 13.0 Å². The molecule has 0 saturated carbocycles. The van der Waals surface area contributed by atoms with E-state index in [1.807, 2.05) is 0 Å². The van der Waals surface area contributed by atoms with E-state index in [1.165, 1.54) is 12.8 Å². The lowest BCUT2D eigenvalue weighted by Gasteiger charge is -1.95. The van der Waals surface area contributed by atoms with Crippen LogP contribution in [-0.4, -0.2) is 0 Å². The molecular formula is C9H17F. The van der Waals surface area contributed by atoms with Gasteiger partial charge >= 0.3 is 0 Å². The summed E-state index contributed by atoms with van der Waals surface area (Å²) in [6.07, 6.45) is 6.80. The minimum absolute atomic E-state index is 0.0381. The second-order valence-electron chi connectivity index (χ2n) is 2.55. The van der Waals surface area contributed by atoms with Crippen molar-refractivity contribution in [3.8, 4) is 0 Å². The van der Waals surface area contributed by atoms with Gasteiger partial charge in [-0.3, -0.25) is 0 Å². The zero-order chi connectivity index (χ0) is 7.82. The molecule has 0 bridgehead atoms. The highest BCUT2D eigenvalue weighted by molar-refractivity contribution is 4.87. The van der Waals surface area contributed by atoms with Crippen LogP contribution in [0.3, 0.4) is 0 Å². The number of hydrogen-bond acceptors (Lipinski definition) is 0. The van der Waals surface area contributed by atoms with Gasteiger partial charge in [-0.15, -0.1) is 0 Å². The van der Waals surface area contributed by atoms with Gasteiger partial charge in [-0.05, 0) is 19.8 Å². The quantitative estimate of drug-likeness (QED) is 0.514. The van der Waals surface area contributed by atoms with Crippen LogP contribution in [0.25, 0.3) is 0 Å². The van der Waals surface area contributed by atoms with Gasteiger partial charge in [-0.25, -0.2) is 4.39 Å². The van der Waals surface area contributed by atoms with Gasteiger partial charge in [0, 0.05) is 0 Å². The normalized spacial score (nSPS) is 12.1. The minimum Gasteiger partial charge on any atom is -0.212 e. The number of allylic oxidation sites excluding steroid dienone is 2. The molecule has 0 amide bonds. The molecule has 0 nitrogen and oxygen atoms in total. The third-order valence-corrected chi connectivity index (χ3v) is 1.58. The highest BCUT2D eigenvalue weighted by Gasteiger charge is 1.91. The lowest BCUT2D eigenvalue weighted by atomic mass is 10.1. The number of rotatable bonds is 5. The van der Waals surface area contributed by atoms with Gasteiger partial charge in [-0.1, -0.05) is 32.3 Å². The van der Waals surface area contributed by atoms with E-state index in [-0.39, 0.29) is 5.83 Å². The molecule has 60 valence electrons. The van der Waals surface area contributed by atoms with Crippen LogP contribution in [0.4, 0.5) is 4.39 Å². The van der Waals surface area contributed by atoms with Crippen molar-refractivity contribution in [2.75, 3.05) is 0 Å². The van der Waals surface area contributed by atoms with Crippen molar-refractivity contribution in [3.63, 3.8) is 0 Å². The summed E-state index contributed by atoms with van der Waals surface area (Å²) >= 11 is 0. The Bertz CT molecular complexity index is 94.9. The molecule has 0 fully saturated rings. The summed E-state index contributed by atoms with van der Waals surface area (Å²) in [7, 11) is 0. The summed E-state index contributed by atoms with van der Waals surface area (Å²) in [5, 5.41) is 0. The predicted octanol–water partition coefficient (Wildman–Crippen LogP) is 3.83. The van der Waals surface area contributed by atoms with Crippen molar-refractivity contribution in [1.29, 1.82) is 0 Å². The summed E-state index contributed by atoms with van der Waals surface area (Å²) in [6, 6.07) is 0. The first-order valence-electron chi connectivity index (χ1n) is 4.12. The molecule has 0 atom stereocenters. The first-order valence-corrected chi connectivity index (χ1v) is 4.12. The van der Waals surface area contributed by atoms with Gasteiger partial charge in [0.05, 0.1) is 5.83 Å². The highest BCUT2D eigenvalue weighted by Crippen LogP contribution is 2.10. The number of halogens is 1. The van der Waals surface area contributed by atoms with E-state index < -0.39 is 0 Å². The molecule has 0 aromatic carbocycles. The third kappa shape index (κ3) is 5.80. The molecule has 0 saturated heterocycles. The predicted molar refractivity (Wildman–Crippen MR) is 43.6 cm³/mol. The molecule has 0 spiro atoms. The fourth-order valence-electron chi connectivity index (χ4n) is 0.865. The second-order valence-corrected chi connectivity index (χ2v) is 2.55. The summed E-state index contributed by atoms with van der Waals surface area (Å²) in [5.74, 6) is 0.0381. The maximum atomic E-state index is 12.4. The van der Waals surface area contributed by atoms with Crippen molar-refractivity contribution in [2.24, 2.45) is 0 Å². The number of unbranched alkanes of at least 4 members (excludes halogenated alkanes) is 3. The lowest BCUT2D eigenvalue weighted by Crippen LogP contribution is -1.77. The number of hydrogen-bond donors (Lipinski definition) is 0. The Morgan fingerprint density at radius 3 is 2.50 bits per heavy atom. The van der Waals surface area contributed by atoms with Crippen molar-refractivity contribution < 1.29 is 4.39 Å². The Balaban J connectivity index is 3.04. The Kier molecular flexibility index (Phi) is 6.56. The summed E-state index contributed by atoms with van der Waals surface area (Å²) < 4.78 is 12.4. The van der Waals surface area contributed by atoms with Crippen LogP contribution in [0.2, 0.25) is 0 Å². The van der Waals surface area contributed by atoms with Crippen molar-refractivity contribution in [2.45, 2.75) is 46.0 Å². The van der Waals surface area contributed by atoms with Crippen molar-refractivity contribution >= 4 is 0 Å². The van der Waals surface area contributed by atoms with Crippen LogP contribution >= 0.6 is 0 Å². The third-order valence-electron chi connectivity index (χ3n) is 1.58. The first-order chi connectivity index (χ1) is 4.81. The van der Waals surface area contributed by atoms with Crippen molar-refractivity contribution in [1.82, 2.24) is 0 Å². The molecule has 0 aliphatic heterocycles. The summed E-state index contributed by atoms with van der Waals surface area (Å²) in [5.41, 5.74) is 0. The average Bonchev–Trinajstić information content (AvgIpc) is 1.98. The van der Waals surface area contributed by atoms with Gasteiger partial charge in [0.2, 0.25) is 0 Å². The summed E-state index contributed by atoms with van der Waals surface area (Å²) in [6.45, 7) is 3.90. The van der Waals surface area contributed by atoms with Gasteiger partial charge in [0.25, 0.3) is 0 Å². The van der Waals surface area contributed by atoms with E-state index >= 15 is 0 Å². The molecule has 1 heteroatoms. The van der Waals surface area contributed by atoms with Crippen LogP contribution in [0.15, 0.2) is 11.9 Å². The van der Waals surface area contributed by atoms with Crippen molar-refractivity contribution in [3.05, 3.63) is 11.9 Å². The van der Waals surface area contributed by atoms with Crippen LogP contribution in [0, 0.1) is 0 Å². The van der Waals surface area contributed by atoms with Crippen LogP contribution in [0.5, 0.6) is 0 Å². The second kappa shape index (κ2) is 6.79. The van der Waals surface area contributed by atoms with E-state index in [0.29, 0.717) is 6.42 Å². The van der Waals surface area contributed by atoms with Gasteiger partial charge in [0.1, 0.15) is 0 Å². The zero-order valence-electron chi connectivity index (χ0n) is 6.99. The molecule has 0 unspecified atom stereocenters. The van der Waals surface area contributed by atoms with E-state index in [9.17, 15) is 4.39 Å². The molecule has 0 aromatic heterocycles. The molecule has 10 heavy (non-hydrogen) atoms. The first kappa shape index (κ1) is 9.67. The fourth-order valence-corrected chi connectivity index (χ4v) is 0.865. The Morgan fingerprint density at radius 2 is 2.00 bits per heavy atom. The average molecular weight is 144 g/mol. The van der Waals surface area contributed by atoms with E-state index in [2.05, 4.69) is 6.92 Å². The van der Waals surface area contributed by atoms with Gasteiger partial charge < -0.3 is 0 Å². The van der Waals surface area contributed by atoms with E-state index in [0.717, 1.165) is 12.8 Å². The standard InChI is InChI=1S/C9H17F/c1-3-5-6-7-8-9(10)4-2/h4H,3,5-8H2,1-2H3/b9-4+. The van der Waals surface area contributed by atoms with E-state index in [4.69, 9.17) is 0 Å². The van der Waals surface area contributed by atoms with Crippen LogP contribution < -0.4 is 0 Å². The molecule has 0 radical (unpaired) electrons. The van der Waals surface area contributed by atoms with Crippen LogP contribution in [-0.2, 0) is 0 Å². The highest BCUT2D eigenvalue weighted by atomic mass is 19.1. The van der Waals surface area contributed by atoms with Crippen LogP contribution in [0.1, 0.15) is 46.0 Å². The maximum absolute atomic E-state index is 12.4. The molecule has 0 rings (SSSR count).